The Bertz CT molecular complexity index is 731. The molecule has 4 nitrogen and oxygen atoms in total. The van der Waals surface area contributed by atoms with Gasteiger partial charge in [0.15, 0.2) is 0 Å². The second-order valence-corrected chi connectivity index (χ2v) is 6.36. The van der Waals surface area contributed by atoms with Crippen molar-refractivity contribution in [3.05, 3.63) is 39.7 Å². The molecule has 22 heavy (non-hydrogen) atoms. The van der Waals surface area contributed by atoms with Crippen molar-refractivity contribution < 1.29 is 9.52 Å². The first-order valence-corrected chi connectivity index (χ1v) is 8.06. The van der Waals surface area contributed by atoms with E-state index in [4.69, 9.17) is 4.42 Å². The first kappa shape index (κ1) is 15.1. The van der Waals surface area contributed by atoms with E-state index in [1.165, 1.54) is 12.8 Å². The Kier molecular flexibility index (Phi) is 4.21. The number of benzene rings is 1. The number of rotatable bonds is 6. The van der Waals surface area contributed by atoms with E-state index < -0.39 is 0 Å². The maximum atomic E-state index is 11.9. The molecule has 2 aromatic rings. The molecule has 118 valence electrons. The summed E-state index contributed by atoms with van der Waals surface area (Å²) in [6, 6.07) is 5.11. The molecule has 1 aliphatic carbocycles. The van der Waals surface area contributed by atoms with Crippen LogP contribution >= 0.6 is 0 Å². The topological polar surface area (TPSA) is 53.7 Å². The van der Waals surface area contributed by atoms with Gasteiger partial charge < -0.3 is 9.52 Å². The van der Waals surface area contributed by atoms with Gasteiger partial charge in [0, 0.05) is 30.1 Å². The van der Waals surface area contributed by atoms with Crippen LogP contribution in [0.25, 0.3) is 11.0 Å². The van der Waals surface area contributed by atoms with E-state index in [0.29, 0.717) is 11.1 Å². The molecular formula is C18H23NO3. The van der Waals surface area contributed by atoms with Crippen LogP contribution in [0.5, 0.6) is 5.75 Å². The van der Waals surface area contributed by atoms with Crippen molar-refractivity contribution in [1.82, 2.24) is 4.90 Å². The molecule has 1 heterocycles. The second kappa shape index (κ2) is 6.13. The average molecular weight is 301 g/mol. The molecule has 0 atom stereocenters. The molecular weight excluding hydrogens is 278 g/mol. The van der Waals surface area contributed by atoms with Crippen LogP contribution in [0.2, 0.25) is 0 Å². The van der Waals surface area contributed by atoms with Gasteiger partial charge in [-0.15, -0.1) is 0 Å². The van der Waals surface area contributed by atoms with Crippen molar-refractivity contribution in [3.63, 3.8) is 0 Å². The largest absolute Gasteiger partial charge is 0.508 e. The Morgan fingerprint density at radius 2 is 2.14 bits per heavy atom. The van der Waals surface area contributed by atoms with Gasteiger partial charge in [0.1, 0.15) is 11.3 Å². The van der Waals surface area contributed by atoms with Crippen LogP contribution in [0.15, 0.2) is 27.4 Å². The summed E-state index contributed by atoms with van der Waals surface area (Å²) in [6.45, 7) is 6.86. The van der Waals surface area contributed by atoms with Gasteiger partial charge >= 0.3 is 5.63 Å². The monoisotopic (exact) mass is 301 g/mol. The lowest BCUT2D eigenvalue weighted by Gasteiger charge is -2.22. The smallest absolute Gasteiger partial charge is 0.336 e. The zero-order valence-electron chi connectivity index (χ0n) is 13.3. The average Bonchev–Trinajstić information content (AvgIpc) is 3.27. The van der Waals surface area contributed by atoms with Gasteiger partial charge in [0.05, 0.1) is 0 Å². The fourth-order valence-electron chi connectivity index (χ4n) is 3.00. The highest BCUT2D eigenvalue weighted by molar-refractivity contribution is 5.84. The number of nitrogens with zero attached hydrogens (tertiary/aromatic N) is 1. The van der Waals surface area contributed by atoms with Gasteiger partial charge in [-0.05, 0) is 56.3 Å². The third kappa shape index (κ3) is 3.17. The Labute approximate surface area is 130 Å². The number of aryl methyl sites for hydroxylation is 1. The number of fused-ring (bicyclic) bond motifs is 1. The van der Waals surface area contributed by atoms with E-state index in [1.807, 2.05) is 6.07 Å². The Hall–Kier alpha value is -1.81. The predicted molar refractivity (Wildman–Crippen MR) is 87.2 cm³/mol. The summed E-state index contributed by atoms with van der Waals surface area (Å²) in [5.74, 6) is 0.986. The first-order valence-electron chi connectivity index (χ1n) is 8.06. The van der Waals surface area contributed by atoms with E-state index in [-0.39, 0.29) is 11.4 Å². The number of aromatic hydroxyl groups is 1. The van der Waals surface area contributed by atoms with Gasteiger partial charge in [-0.3, -0.25) is 4.90 Å². The molecule has 0 amide bonds. The lowest BCUT2D eigenvalue weighted by atomic mass is 10.1. The molecule has 4 heteroatoms. The van der Waals surface area contributed by atoms with Crippen LogP contribution < -0.4 is 5.63 Å². The van der Waals surface area contributed by atoms with E-state index in [9.17, 15) is 9.90 Å². The van der Waals surface area contributed by atoms with Gasteiger partial charge in [-0.25, -0.2) is 4.79 Å². The summed E-state index contributed by atoms with van der Waals surface area (Å²) in [5, 5.41) is 10.7. The zero-order chi connectivity index (χ0) is 15.7. The quantitative estimate of drug-likeness (QED) is 0.831. The lowest BCUT2D eigenvalue weighted by molar-refractivity contribution is 0.255. The molecule has 0 spiro atoms. The van der Waals surface area contributed by atoms with Crippen molar-refractivity contribution in [2.24, 2.45) is 5.92 Å². The minimum Gasteiger partial charge on any atom is -0.508 e. The molecule has 0 unspecified atom stereocenters. The molecule has 0 radical (unpaired) electrons. The molecule has 3 rings (SSSR count). The number of hydrogen-bond acceptors (Lipinski definition) is 4. The maximum absolute atomic E-state index is 11.9. The first-order chi connectivity index (χ1) is 10.6. The molecule has 1 aliphatic rings. The summed E-state index contributed by atoms with van der Waals surface area (Å²) >= 11 is 0. The fourth-order valence-corrected chi connectivity index (χ4v) is 3.00. The Morgan fingerprint density at radius 3 is 2.82 bits per heavy atom. The summed E-state index contributed by atoms with van der Waals surface area (Å²) in [4.78, 5) is 14.3. The highest BCUT2D eigenvalue weighted by Crippen LogP contribution is 2.31. The van der Waals surface area contributed by atoms with Gasteiger partial charge in [0.2, 0.25) is 0 Å². The van der Waals surface area contributed by atoms with Gasteiger partial charge in [-0.2, -0.15) is 0 Å². The molecule has 1 N–H and O–H groups in total. The third-order valence-electron chi connectivity index (χ3n) is 4.37. The second-order valence-electron chi connectivity index (χ2n) is 6.36. The van der Waals surface area contributed by atoms with E-state index in [0.717, 1.165) is 42.9 Å². The summed E-state index contributed by atoms with van der Waals surface area (Å²) in [7, 11) is 0. The number of phenols is 1. The summed E-state index contributed by atoms with van der Waals surface area (Å²) in [5.41, 5.74) is 1.77. The molecule has 0 bridgehead atoms. The van der Waals surface area contributed by atoms with Crippen molar-refractivity contribution in [1.29, 1.82) is 0 Å². The highest BCUT2D eigenvalue weighted by Gasteiger charge is 2.24. The SMILES string of the molecule is CCCN(Cc1cc(=O)oc2c(C)c(O)ccc12)CC1CC1. The number of phenolic OH excluding ortho intramolecular Hbond substituents is 1. The normalized spacial score (nSPS) is 14.9. The van der Waals surface area contributed by atoms with E-state index in [2.05, 4.69) is 11.8 Å². The fraction of sp³-hybridized carbons (Fsp3) is 0.500. The maximum Gasteiger partial charge on any atom is 0.336 e. The van der Waals surface area contributed by atoms with E-state index in [1.54, 1.807) is 19.1 Å². The Morgan fingerprint density at radius 1 is 1.36 bits per heavy atom. The minimum atomic E-state index is -0.348. The van der Waals surface area contributed by atoms with Crippen LogP contribution in [0.1, 0.15) is 37.3 Å². The van der Waals surface area contributed by atoms with Crippen molar-refractivity contribution in [3.8, 4) is 5.75 Å². The van der Waals surface area contributed by atoms with Crippen LogP contribution in [0.3, 0.4) is 0 Å². The minimum absolute atomic E-state index is 0.163. The van der Waals surface area contributed by atoms with Gasteiger partial charge in [0.25, 0.3) is 0 Å². The molecule has 1 saturated carbocycles. The van der Waals surface area contributed by atoms with Crippen LogP contribution in [0, 0.1) is 12.8 Å². The Balaban J connectivity index is 1.97. The van der Waals surface area contributed by atoms with Crippen molar-refractivity contribution >= 4 is 11.0 Å². The van der Waals surface area contributed by atoms with E-state index >= 15 is 0 Å². The summed E-state index contributed by atoms with van der Waals surface area (Å²) < 4.78 is 5.31. The highest BCUT2D eigenvalue weighted by atomic mass is 16.4. The van der Waals surface area contributed by atoms with Crippen LogP contribution in [0.4, 0.5) is 0 Å². The molecule has 0 saturated heterocycles. The number of hydrogen-bond donors (Lipinski definition) is 1. The van der Waals surface area contributed by atoms with Crippen LogP contribution in [-0.4, -0.2) is 23.1 Å². The van der Waals surface area contributed by atoms with Crippen molar-refractivity contribution in [2.75, 3.05) is 13.1 Å². The van der Waals surface area contributed by atoms with Crippen molar-refractivity contribution in [2.45, 2.75) is 39.7 Å². The van der Waals surface area contributed by atoms with Crippen LogP contribution in [-0.2, 0) is 6.54 Å². The molecule has 0 aliphatic heterocycles. The standard InChI is InChI=1S/C18H23NO3/c1-3-8-19(10-13-4-5-13)11-14-9-17(21)22-18-12(2)16(20)7-6-15(14)18/h6-7,9,13,20H,3-5,8,10-11H2,1-2H3. The molecule has 1 aromatic carbocycles. The summed E-state index contributed by atoms with van der Waals surface area (Å²) in [6.07, 6.45) is 3.75. The van der Waals surface area contributed by atoms with Gasteiger partial charge in [-0.1, -0.05) is 6.92 Å². The molecule has 1 fully saturated rings. The third-order valence-corrected chi connectivity index (χ3v) is 4.37. The molecule has 1 aromatic heterocycles. The predicted octanol–water partition coefficient (Wildman–Crippen LogP) is 3.43. The lowest BCUT2D eigenvalue weighted by Crippen LogP contribution is -2.27. The zero-order valence-corrected chi connectivity index (χ0v) is 13.3.